The molecule has 0 atom stereocenters. The second-order valence-electron chi connectivity index (χ2n) is 6.36. The van der Waals surface area contributed by atoms with Crippen molar-refractivity contribution in [3.63, 3.8) is 0 Å². The Morgan fingerprint density at radius 1 is 1.27 bits per heavy atom. The summed E-state index contributed by atoms with van der Waals surface area (Å²) in [5, 5.41) is 12.4. The SMILES string of the molecule is OCCN1CCC(c2ccnc(Nc3ncc(CC(F)(F)F)s3)c2)CC1. The van der Waals surface area contributed by atoms with Gasteiger partial charge in [-0.25, -0.2) is 9.97 Å². The smallest absolute Gasteiger partial charge is 0.393 e. The van der Waals surface area contributed by atoms with Gasteiger partial charge in [-0.3, -0.25) is 0 Å². The molecule has 0 spiro atoms. The molecular formula is C17H21F3N4OS. The lowest BCUT2D eigenvalue weighted by atomic mass is 9.90. The maximum Gasteiger partial charge on any atom is 0.393 e. The number of alkyl halides is 3. The number of aliphatic hydroxyl groups is 1. The summed E-state index contributed by atoms with van der Waals surface area (Å²) in [6.07, 6.45) is -0.213. The topological polar surface area (TPSA) is 61.3 Å². The Morgan fingerprint density at radius 3 is 2.73 bits per heavy atom. The van der Waals surface area contributed by atoms with Crippen LogP contribution in [0.2, 0.25) is 0 Å². The number of rotatable bonds is 6. The van der Waals surface area contributed by atoms with Crippen LogP contribution in [0.1, 0.15) is 29.2 Å². The number of halogens is 3. The minimum absolute atomic E-state index is 0.174. The van der Waals surface area contributed by atoms with Crippen molar-refractivity contribution in [2.45, 2.75) is 31.4 Å². The number of aromatic nitrogens is 2. The van der Waals surface area contributed by atoms with Crippen molar-refractivity contribution >= 4 is 22.3 Å². The normalized spacial score (nSPS) is 16.8. The highest BCUT2D eigenvalue weighted by Crippen LogP contribution is 2.31. The molecule has 0 aliphatic carbocycles. The number of aliphatic hydroxyl groups excluding tert-OH is 1. The molecule has 142 valence electrons. The van der Waals surface area contributed by atoms with Crippen molar-refractivity contribution in [3.8, 4) is 0 Å². The van der Waals surface area contributed by atoms with Crippen LogP contribution in [0.3, 0.4) is 0 Å². The van der Waals surface area contributed by atoms with E-state index in [1.54, 1.807) is 6.20 Å². The van der Waals surface area contributed by atoms with E-state index in [0.29, 0.717) is 23.4 Å². The highest BCUT2D eigenvalue weighted by atomic mass is 32.1. The van der Waals surface area contributed by atoms with E-state index >= 15 is 0 Å². The van der Waals surface area contributed by atoms with Crippen LogP contribution in [0.15, 0.2) is 24.5 Å². The molecule has 1 fully saturated rings. The van der Waals surface area contributed by atoms with Crippen LogP contribution in [0.4, 0.5) is 24.1 Å². The molecule has 1 aliphatic rings. The Morgan fingerprint density at radius 2 is 2.04 bits per heavy atom. The van der Waals surface area contributed by atoms with Gasteiger partial charge in [0.1, 0.15) is 5.82 Å². The summed E-state index contributed by atoms with van der Waals surface area (Å²) in [5.74, 6) is 1.01. The monoisotopic (exact) mass is 386 g/mol. The molecule has 0 radical (unpaired) electrons. The lowest BCUT2D eigenvalue weighted by Crippen LogP contribution is -2.34. The van der Waals surface area contributed by atoms with E-state index in [1.807, 2.05) is 12.1 Å². The summed E-state index contributed by atoms with van der Waals surface area (Å²) in [5.41, 5.74) is 1.17. The number of likely N-dealkylation sites (tertiary alicyclic amines) is 1. The number of anilines is 2. The zero-order chi connectivity index (χ0) is 18.6. The summed E-state index contributed by atoms with van der Waals surface area (Å²) in [6, 6.07) is 3.92. The zero-order valence-electron chi connectivity index (χ0n) is 14.2. The van der Waals surface area contributed by atoms with Gasteiger partial charge >= 0.3 is 6.18 Å². The predicted molar refractivity (Wildman–Crippen MR) is 94.9 cm³/mol. The summed E-state index contributed by atoms with van der Waals surface area (Å²) >= 11 is 0.989. The number of nitrogens with zero attached hydrogens (tertiary/aromatic N) is 3. The fourth-order valence-electron chi connectivity index (χ4n) is 3.15. The van der Waals surface area contributed by atoms with Gasteiger partial charge in [-0.2, -0.15) is 13.2 Å². The van der Waals surface area contributed by atoms with Crippen molar-refractivity contribution in [2.75, 3.05) is 31.6 Å². The van der Waals surface area contributed by atoms with Crippen molar-refractivity contribution in [3.05, 3.63) is 35.0 Å². The number of piperidine rings is 1. The van der Waals surface area contributed by atoms with Crippen molar-refractivity contribution in [2.24, 2.45) is 0 Å². The first-order chi connectivity index (χ1) is 12.4. The van der Waals surface area contributed by atoms with Gasteiger partial charge in [-0.1, -0.05) is 0 Å². The highest BCUT2D eigenvalue weighted by Gasteiger charge is 2.28. The van der Waals surface area contributed by atoms with Crippen LogP contribution in [0.25, 0.3) is 0 Å². The Bertz CT molecular complexity index is 714. The number of β-amino-alcohol motifs (C(OH)–C–C–N with tert-alkyl or cyclic N) is 1. The zero-order valence-corrected chi connectivity index (χ0v) is 15.0. The van der Waals surface area contributed by atoms with Gasteiger partial charge in [-0.05, 0) is 49.5 Å². The molecule has 1 aliphatic heterocycles. The molecular weight excluding hydrogens is 365 g/mol. The van der Waals surface area contributed by atoms with Crippen molar-refractivity contribution in [1.29, 1.82) is 0 Å². The van der Waals surface area contributed by atoms with E-state index in [1.165, 1.54) is 11.8 Å². The molecule has 3 rings (SSSR count). The van der Waals surface area contributed by atoms with E-state index in [-0.39, 0.29) is 11.5 Å². The maximum atomic E-state index is 12.4. The second kappa shape index (κ2) is 8.32. The standard InChI is InChI=1S/C17H21F3N4OS/c18-17(19,20)10-14-11-22-16(26-14)23-15-9-13(1-4-21-15)12-2-5-24(6-3-12)7-8-25/h1,4,9,11-12,25H,2-3,5-8,10H2,(H,21,22,23). The molecule has 0 aromatic carbocycles. The molecule has 9 heteroatoms. The van der Waals surface area contributed by atoms with E-state index in [0.717, 1.165) is 37.3 Å². The number of nitrogens with one attached hydrogen (secondary N) is 1. The second-order valence-corrected chi connectivity index (χ2v) is 7.48. The van der Waals surface area contributed by atoms with Gasteiger partial charge in [0.2, 0.25) is 0 Å². The van der Waals surface area contributed by atoms with Gasteiger partial charge < -0.3 is 15.3 Å². The molecule has 2 aromatic rings. The Balaban J connectivity index is 1.61. The van der Waals surface area contributed by atoms with Crippen LogP contribution in [0, 0.1) is 0 Å². The molecule has 0 saturated carbocycles. The lowest BCUT2D eigenvalue weighted by Gasteiger charge is -2.31. The third kappa shape index (κ3) is 5.39. The van der Waals surface area contributed by atoms with Crippen LogP contribution in [-0.2, 0) is 6.42 Å². The molecule has 0 unspecified atom stereocenters. The van der Waals surface area contributed by atoms with Gasteiger partial charge in [0.15, 0.2) is 5.13 Å². The third-order valence-corrected chi connectivity index (χ3v) is 5.34. The molecule has 3 heterocycles. The molecule has 26 heavy (non-hydrogen) atoms. The average Bonchev–Trinajstić information content (AvgIpc) is 3.01. The number of hydrogen-bond acceptors (Lipinski definition) is 6. The summed E-state index contributed by atoms with van der Waals surface area (Å²) in [7, 11) is 0. The molecule has 0 amide bonds. The summed E-state index contributed by atoms with van der Waals surface area (Å²) in [6.45, 7) is 2.78. The molecule has 5 nitrogen and oxygen atoms in total. The summed E-state index contributed by atoms with van der Waals surface area (Å²) in [4.78, 5) is 10.7. The third-order valence-electron chi connectivity index (χ3n) is 4.42. The maximum absolute atomic E-state index is 12.4. The van der Waals surface area contributed by atoms with E-state index < -0.39 is 12.6 Å². The van der Waals surface area contributed by atoms with Crippen LogP contribution < -0.4 is 5.32 Å². The van der Waals surface area contributed by atoms with Gasteiger partial charge in [-0.15, -0.1) is 11.3 Å². The van der Waals surface area contributed by atoms with Gasteiger partial charge in [0.25, 0.3) is 0 Å². The van der Waals surface area contributed by atoms with Crippen LogP contribution >= 0.6 is 11.3 Å². The molecule has 2 aromatic heterocycles. The van der Waals surface area contributed by atoms with Gasteiger partial charge in [0.05, 0.1) is 13.0 Å². The highest BCUT2D eigenvalue weighted by molar-refractivity contribution is 7.15. The lowest BCUT2D eigenvalue weighted by molar-refractivity contribution is -0.126. The van der Waals surface area contributed by atoms with E-state index in [9.17, 15) is 13.2 Å². The minimum atomic E-state index is -4.23. The fourth-order valence-corrected chi connectivity index (χ4v) is 4.01. The predicted octanol–water partition coefficient (Wildman–Crippen LogP) is 3.56. The number of pyridine rings is 1. The molecule has 0 bridgehead atoms. The van der Waals surface area contributed by atoms with Crippen LogP contribution in [0.5, 0.6) is 0 Å². The largest absolute Gasteiger partial charge is 0.395 e. The molecule has 2 N–H and O–H groups in total. The minimum Gasteiger partial charge on any atom is -0.395 e. The van der Waals surface area contributed by atoms with Crippen molar-refractivity contribution < 1.29 is 18.3 Å². The Kier molecular flexibility index (Phi) is 6.10. The number of hydrogen-bond donors (Lipinski definition) is 2. The first kappa shape index (κ1) is 19.1. The van der Waals surface area contributed by atoms with Gasteiger partial charge in [0, 0.05) is 23.8 Å². The summed E-state index contributed by atoms with van der Waals surface area (Å²) < 4.78 is 37.3. The fraction of sp³-hybridized carbons (Fsp3) is 0.529. The first-order valence-corrected chi connectivity index (χ1v) is 9.32. The first-order valence-electron chi connectivity index (χ1n) is 8.50. The van der Waals surface area contributed by atoms with Crippen molar-refractivity contribution in [1.82, 2.24) is 14.9 Å². The average molecular weight is 386 g/mol. The van der Waals surface area contributed by atoms with Crippen LogP contribution in [-0.4, -0.2) is 52.4 Å². The quantitative estimate of drug-likeness (QED) is 0.795. The molecule has 1 saturated heterocycles. The van der Waals surface area contributed by atoms with E-state index in [4.69, 9.17) is 5.11 Å². The Hall–Kier alpha value is -1.71. The Labute approximate surface area is 153 Å². The number of thiazole rings is 1. The van der Waals surface area contributed by atoms with E-state index in [2.05, 4.69) is 20.2 Å².